The molecule has 0 bridgehead atoms. The smallest absolute Gasteiger partial charge is 0.00199 e. The molecule has 1 aliphatic rings. The Labute approximate surface area is 322 Å². The Morgan fingerprint density at radius 2 is 0.891 bits per heavy atom. The first-order valence-electron chi connectivity index (χ1n) is 20.1. The van der Waals surface area contributed by atoms with Gasteiger partial charge in [0, 0.05) is 0 Å². The average molecular weight is 703 g/mol. The summed E-state index contributed by atoms with van der Waals surface area (Å²) in [6.45, 7) is 4.58. The Morgan fingerprint density at radius 1 is 0.418 bits per heavy atom. The molecule has 0 saturated heterocycles. The lowest BCUT2D eigenvalue weighted by Gasteiger charge is -2.17. The number of benzene rings is 10. The van der Waals surface area contributed by atoms with Crippen LogP contribution in [0.1, 0.15) is 56.1 Å². The van der Waals surface area contributed by atoms with E-state index in [0.717, 1.165) is 6.42 Å². The summed E-state index contributed by atoms with van der Waals surface area (Å²) >= 11 is 0. The zero-order chi connectivity index (χ0) is 36.6. The highest BCUT2D eigenvalue weighted by Crippen LogP contribution is 2.46. The average Bonchev–Trinajstić information content (AvgIpc) is 4.11. The minimum Gasteiger partial charge on any atom is -0.0648 e. The molecule has 0 N–H and O–H groups in total. The number of rotatable bonds is 6. The summed E-state index contributed by atoms with van der Waals surface area (Å²) in [5.74, 6) is 1.22. The summed E-state index contributed by atoms with van der Waals surface area (Å²) in [5, 5.41) is 15.7. The van der Waals surface area contributed by atoms with E-state index in [2.05, 4.69) is 184 Å². The highest BCUT2D eigenvalue weighted by atomic mass is 14.3. The predicted octanol–water partition coefficient (Wildman–Crippen LogP) is 16.0. The van der Waals surface area contributed by atoms with E-state index in [9.17, 15) is 0 Å². The molecule has 0 nitrogen and oxygen atoms in total. The fourth-order valence-electron chi connectivity index (χ4n) is 9.22. The van der Waals surface area contributed by atoms with Gasteiger partial charge < -0.3 is 0 Å². The second-order valence-corrected chi connectivity index (χ2v) is 16.0. The van der Waals surface area contributed by atoms with E-state index in [1.165, 1.54) is 122 Å². The van der Waals surface area contributed by atoms with Gasteiger partial charge in [-0.3, -0.25) is 0 Å². The van der Waals surface area contributed by atoms with E-state index in [1.54, 1.807) is 0 Å². The zero-order valence-corrected chi connectivity index (χ0v) is 31.4. The first-order chi connectivity index (χ1) is 27.1. The van der Waals surface area contributed by atoms with Crippen LogP contribution in [0, 0.1) is 0 Å². The topological polar surface area (TPSA) is 0 Å². The molecular formula is C55H42. The molecule has 1 saturated carbocycles. The van der Waals surface area contributed by atoms with Crippen molar-refractivity contribution >= 4 is 64.6 Å². The summed E-state index contributed by atoms with van der Waals surface area (Å²) in [4.78, 5) is 0. The third kappa shape index (κ3) is 5.43. The van der Waals surface area contributed by atoms with Gasteiger partial charge in [-0.2, -0.15) is 0 Å². The van der Waals surface area contributed by atoms with Crippen molar-refractivity contribution in [1.29, 1.82) is 0 Å². The van der Waals surface area contributed by atoms with Crippen molar-refractivity contribution in [3.05, 3.63) is 181 Å². The highest BCUT2D eigenvalue weighted by molar-refractivity contribution is 6.33. The standard InChI is InChI=1S/C55H42/c1-3-34(2)36-18-19-38-27-39(21-20-37(38)26-36)40-22-23-42-29-43(25-24-41(42)28-40)45-30-44(35-16-17-35)31-46(32-45)53-33-54-49-12-5-4-10-47(49)48-11-6-8-14-51(48)55(54)52-15-9-7-13-50(52)53/h4-15,18-35H,3,16-17H2,1-2H3. The van der Waals surface area contributed by atoms with Gasteiger partial charge in [-0.15, -0.1) is 0 Å². The van der Waals surface area contributed by atoms with Gasteiger partial charge in [0.2, 0.25) is 0 Å². The molecule has 0 spiro atoms. The van der Waals surface area contributed by atoms with Crippen molar-refractivity contribution in [2.75, 3.05) is 0 Å². The Morgan fingerprint density at radius 3 is 1.49 bits per heavy atom. The molecule has 11 rings (SSSR count). The molecule has 1 fully saturated rings. The molecule has 10 aromatic rings. The molecule has 55 heavy (non-hydrogen) atoms. The molecule has 0 heterocycles. The number of fused-ring (bicyclic) bond motifs is 10. The fraction of sp³-hybridized carbons (Fsp3) is 0.127. The van der Waals surface area contributed by atoms with Crippen LogP contribution in [0.5, 0.6) is 0 Å². The summed E-state index contributed by atoms with van der Waals surface area (Å²) in [5.41, 5.74) is 10.6. The lowest BCUT2D eigenvalue weighted by atomic mass is 9.86. The summed E-state index contributed by atoms with van der Waals surface area (Å²) in [7, 11) is 0. The predicted molar refractivity (Wildman–Crippen MR) is 238 cm³/mol. The normalized spacial score (nSPS) is 13.8. The number of hydrogen-bond donors (Lipinski definition) is 0. The Balaban J connectivity index is 1.04. The van der Waals surface area contributed by atoms with Crippen LogP contribution in [0.15, 0.2) is 170 Å². The van der Waals surface area contributed by atoms with Gasteiger partial charge in [-0.1, -0.05) is 153 Å². The second-order valence-electron chi connectivity index (χ2n) is 16.0. The number of hydrogen-bond acceptors (Lipinski definition) is 0. The quantitative estimate of drug-likeness (QED) is 0.151. The molecule has 0 aliphatic heterocycles. The summed E-state index contributed by atoms with van der Waals surface area (Å²) in [6.07, 6.45) is 3.70. The van der Waals surface area contributed by atoms with Crippen molar-refractivity contribution in [2.24, 2.45) is 0 Å². The second kappa shape index (κ2) is 12.7. The molecule has 262 valence electrons. The van der Waals surface area contributed by atoms with Crippen molar-refractivity contribution < 1.29 is 0 Å². The third-order valence-corrected chi connectivity index (χ3v) is 12.6. The van der Waals surface area contributed by atoms with Gasteiger partial charge in [0.1, 0.15) is 0 Å². The Kier molecular flexibility index (Phi) is 7.42. The SMILES string of the molecule is CCC(C)c1ccc2cc(-c3ccc4cc(-c5cc(-c6cc7c8ccccc8c8ccccc8c7c7ccccc67)cc(C6CC6)c5)ccc4c3)ccc2c1. The summed E-state index contributed by atoms with van der Waals surface area (Å²) in [6, 6.07) is 64.7. The largest absolute Gasteiger partial charge is 0.0648 e. The van der Waals surface area contributed by atoms with Crippen LogP contribution in [0.25, 0.3) is 98.0 Å². The third-order valence-electron chi connectivity index (χ3n) is 12.6. The fourth-order valence-corrected chi connectivity index (χ4v) is 9.22. The van der Waals surface area contributed by atoms with E-state index in [4.69, 9.17) is 0 Å². The van der Waals surface area contributed by atoms with E-state index in [-0.39, 0.29) is 0 Å². The van der Waals surface area contributed by atoms with Crippen LogP contribution in [0.3, 0.4) is 0 Å². The first kappa shape index (κ1) is 32.2. The highest BCUT2D eigenvalue weighted by Gasteiger charge is 2.25. The molecule has 1 unspecified atom stereocenters. The van der Waals surface area contributed by atoms with Crippen LogP contribution in [0.2, 0.25) is 0 Å². The van der Waals surface area contributed by atoms with Gasteiger partial charge >= 0.3 is 0 Å². The maximum absolute atomic E-state index is 2.49. The van der Waals surface area contributed by atoms with Crippen molar-refractivity contribution in [3.8, 4) is 33.4 Å². The van der Waals surface area contributed by atoms with Crippen LogP contribution in [-0.4, -0.2) is 0 Å². The van der Waals surface area contributed by atoms with Crippen molar-refractivity contribution in [1.82, 2.24) is 0 Å². The lowest BCUT2D eigenvalue weighted by molar-refractivity contribution is 0.735. The van der Waals surface area contributed by atoms with Crippen LogP contribution < -0.4 is 0 Å². The lowest BCUT2D eigenvalue weighted by Crippen LogP contribution is -1.91. The molecule has 10 aromatic carbocycles. The van der Waals surface area contributed by atoms with Crippen LogP contribution in [0.4, 0.5) is 0 Å². The molecule has 0 amide bonds. The van der Waals surface area contributed by atoms with Gasteiger partial charge in [0.15, 0.2) is 0 Å². The molecule has 1 aliphatic carbocycles. The first-order valence-corrected chi connectivity index (χ1v) is 20.1. The van der Waals surface area contributed by atoms with Crippen molar-refractivity contribution in [3.63, 3.8) is 0 Å². The summed E-state index contributed by atoms with van der Waals surface area (Å²) < 4.78 is 0. The molecule has 0 radical (unpaired) electrons. The molecular weight excluding hydrogens is 661 g/mol. The monoisotopic (exact) mass is 702 g/mol. The van der Waals surface area contributed by atoms with E-state index in [1.807, 2.05) is 0 Å². The minimum absolute atomic E-state index is 0.581. The van der Waals surface area contributed by atoms with E-state index >= 15 is 0 Å². The molecule has 0 heteroatoms. The Hall–Kier alpha value is -6.24. The van der Waals surface area contributed by atoms with Gasteiger partial charge in [-0.05, 0) is 171 Å². The van der Waals surface area contributed by atoms with E-state index in [0.29, 0.717) is 11.8 Å². The van der Waals surface area contributed by atoms with Gasteiger partial charge in [0.25, 0.3) is 0 Å². The van der Waals surface area contributed by atoms with Crippen LogP contribution in [-0.2, 0) is 0 Å². The van der Waals surface area contributed by atoms with Gasteiger partial charge in [-0.25, -0.2) is 0 Å². The molecule has 1 atom stereocenters. The zero-order valence-electron chi connectivity index (χ0n) is 31.4. The maximum Gasteiger partial charge on any atom is -0.00199 e. The van der Waals surface area contributed by atoms with Gasteiger partial charge in [0.05, 0.1) is 0 Å². The maximum atomic E-state index is 2.49. The molecule has 0 aromatic heterocycles. The van der Waals surface area contributed by atoms with E-state index < -0.39 is 0 Å². The Bertz CT molecular complexity index is 3160. The van der Waals surface area contributed by atoms with Crippen LogP contribution >= 0.6 is 0 Å². The van der Waals surface area contributed by atoms with Crippen molar-refractivity contribution in [2.45, 2.75) is 44.9 Å². The minimum atomic E-state index is 0.581.